The Kier molecular flexibility index (Phi) is 3.52. The fraction of sp³-hybridized carbons (Fsp3) is 0.600. The average Bonchev–Trinajstić information content (AvgIpc) is 3.16. The second-order valence-corrected chi connectivity index (χ2v) is 6.07. The zero-order chi connectivity index (χ0) is 13.5. The summed E-state index contributed by atoms with van der Waals surface area (Å²) in [6.07, 6.45) is 4.13. The lowest BCUT2D eigenvalue weighted by atomic mass is 9.76. The Hall–Kier alpha value is -0.670. The molecule has 104 valence electrons. The summed E-state index contributed by atoms with van der Waals surface area (Å²) >= 11 is 6.20. The Bertz CT molecular complexity index is 475. The molecule has 1 aromatic carbocycles. The molecule has 4 heteroatoms. The van der Waals surface area contributed by atoms with Gasteiger partial charge in [0.05, 0.1) is 6.10 Å². The van der Waals surface area contributed by atoms with Crippen LogP contribution in [-0.2, 0) is 11.2 Å². The highest BCUT2D eigenvalue weighted by atomic mass is 35.5. The number of benzene rings is 1. The van der Waals surface area contributed by atoms with Crippen LogP contribution in [-0.4, -0.2) is 18.6 Å². The minimum absolute atomic E-state index is 0.118. The average molecular weight is 287 g/mol. The predicted molar refractivity (Wildman–Crippen MR) is 70.3 cm³/mol. The summed E-state index contributed by atoms with van der Waals surface area (Å²) in [6.45, 7) is 0.720. The van der Waals surface area contributed by atoms with Gasteiger partial charge < -0.3 is 4.74 Å². The lowest BCUT2D eigenvalue weighted by Crippen LogP contribution is -2.36. The first-order valence-corrected chi connectivity index (χ1v) is 7.29. The fourth-order valence-corrected chi connectivity index (χ4v) is 3.56. The van der Waals surface area contributed by atoms with Gasteiger partial charge in [-0.2, -0.15) is 0 Å². The van der Waals surface area contributed by atoms with Gasteiger partial charge >= 0.3 is 0 Å². The standard InChI is InChI=1S/C15H17ClF2O/c16-9-15(5-6-19-14(15)11-2-3-11)8-10-1-4-12(17)13(18)7-10/h1,4,7,11,14H,2-3,5-6,8-9H2. The van der Waals surface area contributed by atoms with Crippen molar-refractivity contribution in [1.82, 2.24) is 0 Å². The van der Waals surface area contributed by atoms with Crippen LogP contribution in [0.4, 0.5) is 8.78 Å². The van der Waals surface area contributed by atoms with Crippen molar-refractivity contribution in [3.8, 4) is 0 Å². The van der Waals surface area contributed by atoms with Gasteiger partial charge in [0, 0.05) is 17.9 Å². The van der Waals surface area contributed by atoms with E-state index in [0.29, 0.717) is 18.2 Å². The highest BCUT2D eigenvalue weighted by Crippen LogP contribution is 2.50. The number of halogens is 3. The van der Waals surface area contributed by atoms with Crippen LogP contribution in [0.1, 0.15) is 24.8 Å². The van der Waals surface area contributed by atoms with Crippen LogP contribution in [0.25, 0.3) is 0 Å². The molecule has 0 N–H and O–H groups in total. The van der Waals surface area contributed by atoms with Gasteiger partial charge in [0.25, 0.3) is 0 Å². The quantitative estimate of drug-likeness (QED) is 0.762. The summed E-state index contributed by atoms with van der Waals surface area (Å²) in [5.41, 5.74) is 0.684. The minimum Gasteiger partial charge on any atom is -0.377 e. The van der Waals surface area contributed by atoms with Gasteiger partial charge in [-0.1, -0.05) is 6.07 Å². The molecule has 1 aliphatic carbocycles. The molecule has 19 heavy (non-hydrogen) atoms. The molecule has 0 aromatic heterocycles. The smallest absolute Gasteiger partial charge is 0.159 e. The van der Waals surface area contributed by atoms with Gasteiger partial charge in [-0.25, -0.2) is 8.78 Å². The number of rotatable bonds is 4. The first-order valence-electron chi connectivity index (χ1n) is 6.76. The minimum atomic E-state index is -0.801. The lowest BCUT2D eigenvalue weighted by molar-refractivity contribution is 0.0402. The number of hydrogen-bond donors (Lipinski definition) is 0. The maximum Gasteiger partial charge on any atom is 0.159 e. The Labute approximate surface area is 116 Å². The van der Waals surface area contributed by atoms with Crippen molar-refractivity contribution in [2.45, 2.75) is 31.8 Å². The molecule has 2 atom stereocenters. The summed E-state index contributed by atoms with van der Waals surface area (Å²) in [7, 11) is 0. The zero-order valence-electron chi connectivity index (χ0n) is 10.7. The van der Waals surface area contributed by atoms with E-state index in [1.54, 1.807) is 6.07 Å². The molecule has 1 saturated heterocycles. The first kappa shape index (κ1) is 13.3. The van der Waals surface area contributed by atoms with Crippen LogP contribution in [0.3, 0.4) is 0 Å². The van der Waals surface area contributed by atoms with Gasteiger partial charge in [0.2, 0.25) is 0 Å². The second kappa shape index (κ2) is 5.02. The molecule has 1 saturated carbocycles. The SMILES string of the molecule is Fc1ccc(CC2(CCl)CCOC2C2CC2)cc1F. The summed E-state index contributed by atoms with van der Waals surface area (Å²) in [5, 5.41) is 0. The van der Waals surface area contributed by atoms with Gasteiger partial charge in [-0.15, -0.1) is 11.6 Å². The van der Waals surface area contributed by atoms with Crippen molar-refractivity contribution in [3.63, 3.8) is 0 Å². The largest absolute Gasteiger partial charge is 0.377 e. The fourth-order valence-electron chi connectivity index (χ4n) is 3.18. The van der Waals surface area contributed by atoms with E-state index in [9.17, 15) is 8.78 Å². The Morgan fingerprint density at radius 2 is 2.05 bits per heavy atom. The number of alkyl halides is 1. The maximum absolute atomic E-state index is 13.3. The van der Waals surface area contributed by atoms with Crippen molar-refractivity contribution in [2.24, 2.45) is 11.3 Å². The van der Waals surface area contributed by atoms with E-state index in [4.69, 9.17) is 16.3 Å². The van der Waals surface area contributed by atoms with E-state index in [2.05, 4.69) is 0 Å². The molecule has 1 aromatic rings. The second-order valence-electron chi connectivity index (χ2n) is 5.80. The van der Waals surface area contributed by atoms with Crippen LogP contribution in [0, 0.1) is 23.0 Å². The number of hydrogen-bond acceptors (Lipinski definition) is 1. The molecular weight excluding hydrogens is 270 g/mol. The molecule has 2 fully saturated rings. The lowest BCUT2D eigenvalue weighted by Gasteiger charge is -2.32. The van der Waals surface area contributed by atoms with E-state index in [1.807, 2.05) is 0 Å². The van der Waals surface area contributed by atoms with Crippen LogP contribution >= 0.6 is 11.6 Å². The maximum atomic E-state index is 13.3. The summed E-state index contributed by atoms with van der Waals surface area (Å²) in [6, 6.07) is 4.12. The molecule has 1 nitrogen and oxygen atoms in total. The highest BCUT2D eigenvalue weighted by Gasteiger charge is 2.50. The van der Waals surface area contributed by atoms with Crippen molar-refractivity contribution in [3.05, 3.63) is 35.4 Å². The van der Waals surface area contributed by atoms with Crippen LogP contribution in [0.15, 0.2) is 18.2 Å². The molecule has 2 unspecified atom stereocenters. The summed E-state index contributed by atoms with van der Waals surface area (Å²) in [4.78, 5) is 0. The first-order chi connectivity index (χ1) is 9.14. The predicted octanol–water partition coefficient (Wildman–Crippen LogP) is 3.93. The van der Waals surface area contributed by atoms with Gasteiger partial charge in [0.1, 0.15) is 0 Å². The third-order valence-electron chi connectivity index (χ3n) is 4.36. The van der Waals surface area contributed by atoms with Crippen molar-refractivity contribution in [1.29, 1.82) is 0 Å². The van der Waals surface area contributed by atoms with Crippen LogP contribution in [0.2, 0.25) is 0 Å². The van der Waals surface area contributed by atoms with Crippen LogP contribution < -0.4 is 0 Å². The third-order valence-corrected chi connectivity index (χ3v) is 4.89. The highest BCUT2D eigenvalue weighted by molar-refractivity contribution is 6.18. The third kappa shape index (κ3) is 2.50. The van der Waals surface area contributed by atoms with Crippen molar-refractivity contribution in [2.75, 3.05) is 12.5 Å². The molecule has 1 aliphatic heterocycles. The molecule has 0 bridgehead atoms. The van der Waals surface area contributed by atoms with E-state index >= 15 is 0 Å². The normalized spacial score (nSPS) is 30.8. The summed E-state index contributed by atoms with van der Waals surface area (Å²) < 4.78 is 32.1. The molecule has 0 spiro atoms. The van der Waals surface area contributed by atoms with E-state index in [0.717, 1.165) is 18.6 Å². The summed E-state index contributed by atoms with van der Waals surface area (Å²) in [5.74, 6) is -0.478. The Morgan fingerprint density at radius 1 is 1.26 bits per heavy atom. The van der Waals surface area contributed by atoms with E-state index in [1.165, 1.54) is 25.0 Å². The van der Waals surface area contributed by atoms with E-state index < -0.39 is 11.6 Å². The molecule has 2 aliphatic rings. The number of ether oxygens (including phenoxy) is 1. The van der Waals surface area contributed by atoms with Crippen molar-refractivity contribution >= 4 is 11.6 Å². The van der Waals surface area contributed by atoms with Gasteiger partial charge in [-0.05, 0) is 49.3 Å². The topological polar surface area (TPSA) is 9.23 Å². The van der Waals surface area contributed by atoms with Crippen molar-refractivity contribution < 1.29 is 13.5 Å². The molecule has 0 amide bonds. The Morgan fingerprint density at radius 3 is 2.68 bits per heavy atom. The Balaban J connectivity index is 1.83. The van der Waals surface area contributed by atoms with Gasteiger partial charge in [-0.3, -0.25) is 0 Å². The molecule has 3 rings (SSSR count). The van der Waals surface area contributed by atoms with E-state index in [-0.39, 0.29) is 11.5 Å². The molecule has 1 heterocycles. The van der Waals surface area contributed by atoms with Crippen LogP contribution in [0.5, 0.6) is 0 Å². The molecular formula is C15H17ClF2O. The molecule has 0 radical (unpaired) electrons. The monoisotopic (exact) mass is 286 g/mol. The zero-order valence-corrected chi connectivity index (χ0v) is 11.4. The van der Waals surface area contributed by atoms with Gasteiger partial charge in [0.15, 0.2) is 11.6 Å².